The number of aliphatic imine (C=N–C) groups is 1. The Morgan fingerprint density at radius 1 is 1.54 bits per heavy atom. The van der Waals surface area contributed by atoms with Gasteiger partial charge in [0.05, 0.1) is 6.04 Å². The molecule has 1 fully saturated rings. The van der Waals surface area contributed by atoms with Crippen LogP contribution in [0.5, 0.6) is 0 Å². The lowest BCUT2D eigenvalue weighted by Gasteiger charge is -1.99. The molecule has 2 N–H and O–H groups in total. The Labute approximate surface area is 85.2 Å². The summed E-state index contributed by atoms with van der Waals surface area (Å²) < 4.78 is 0.930. The minimum Gasteiger partial charge on any atom is -0.383 e. The Morgan fingerprint density at radius 3 is 2.92 bits per heavy atom. The first kappa shape index (κ1) is 8.69. The fraction of sp³-hybridized carbons (Fsp3) is 0.333. The third-order valence-corrected chi connectivity index (χ3v) is 2.30. The first-order chi connectivity index (χ1) is 6.25. The lowest BCUT2D eigenvalue weighted by molar-refractivity contribution is 1.06. The molecular formula is C9H10BrN3. The second-order valence-electron chi connectivity index (χ2n) is 3.14. The van der Waals surface area contributed by atoms with Crippen LogP contribution in [0.25, 0.3) is 0 Å². The van der Waals surface area contributed by atoms with E-state index in [-0.39, 0.29) is 0 Å². The second-order valence-corrected chi connectivity index (χ2v) is 4.05. The van der Waals surface area contributed by atoms with Gasteiger partial charge >= 0.3 is 0 Å². The maximum Gasteiger partial charge on any atom is 0.127 e. The predicted molar refractivity (Wildman–Crippen MR) is 55.7 cm³/mol. The lowest BCUT2D eigenvalue weighted by atomic mass is 10.3. The smallest absolute Gasteiger partial charge is 0.127 e. The van der Waals surface area contributed by atoms with E-state index in [1.165, 1.54) is 12.8 Å². The molecule has 0 amide bonds. The zero-order valence-electron chi connectivity index (χ0n) is 7.07. The molecule has 1 aromatic heterocycles. The van der Waals surface area contributed by atoms with E-state index in [0.717, 1.165) is 10.0 Å². The molecule has 0 spiro atoms. The van der Waals surface area contributed by atoms with E-state index in [9.17, 15) is 0 Å². The minimum absolute atomic E-state index is 0.457. The maximum atomic E-state index is 5.79. The van der Waals surface area contributed by atoms with Gasteiger partial charge in [-0.3, -0.25) is 9.98 Å². The fourth-order valence-corrected chi connectivity index (χ4v) is 1.39. The molecule has 0 radical (unpaired) electrons. The summed E-state index contributed by atoms with van der Waals surface area (Å²) in [7, 11) is 0. The van der Waals surface area contributed by atoms with E-state index in [0.29, 0.717) is 11.9 Å². The van der Waals surface area contributed by atoms with Gasteiger partial charge in [0.25, 0.3) is 0 Å². The molecule has 68 valence electrons. The van der Waals surface area contributed by atoms with Gasteiger partial charge in [-0.2, -0.15) is 0 Å². The third-order valence-electron chi connectivity index (χ3n) is 1.87. The summed E-state index contributed by atoms with van der Waals surface area (Å²) in [4.78, 5) is 8.36. The summed E-state index contributed by atoms with van der Waals surface area (Å²) in [5, 5.41) is 0. The van der Waals surface area contributed by atoms with Crippen molar-refractivity contribution in [3.8, 4) is 0 Å². The van der Waals surface area contributed by atoms with E-state index in [2.05, 4.69) is 25.9 Å². The molecule has 0 saturated heterocycles. The van der Waals surface area contributed by atoms with Crippen LogP contribution in [-0.4, -0.2) is 16.9 Å². The molecule has 1 saturated carbocycles. The average Bonchev–Trinajstić information content (AvgIpc) is 2.88. The number of hydrogen-bond donors (Lipinski definition) is 1. The van der Waals surface area contributed by atoms with Crippen LogP contribution in [-0.2, 0) is 0 Å². The first-order valence-electron chi connectivity index (χ1n) is 4.20. The first-order valence-corrected chi connectivity index (χ1v) is 4.99. The monoisotopic (exact) mass is 239 g/mol. The molecular weight excluding hydrogens is 230 g/mol. The highest BCUT2D eigenvalue weighted by Crippen LogP contribution is 2.24. The molecule has 0 atom stereocenters. The lowest BCUT2D eigenvalue weighted by Crippen LogP contribution is -2.14. The summed E-state index contributed by atoms with van der Waals surface area (Å²) >= 11 is 3.34. The van der Waals surface area contributed by atoms with Gasteiger partial charge in [-0.25, -0.2) is 0 Å². The topological polar surface area (TPSA) is 51.3 Å². The van der Waals surface area contributed by atoms with Crippen molar-refractivity contribution in [2.75, 3.05) is 0 Å². The number of halogens is 1. The van der Waals surface area contributed by atoms with E-state index >= 15 is 0 Å². The van der Waals surface area contributed by atoms with Gasteiger partial charge in [0.1, 0.15) is 5.84 Å². The van der Waals surface area contributed by atoms with Gasteiger partial charge in [0, 0.05) is 22.4 Å². The van der Waals surface area contributed by atoms with Gasteiger partial charge in [-0.15, -0.1) is 0 Å². The normalized spacial score (nSPS) is 17.5. The Morgan fingerprint density at radius 2 is 2.31 bits per heavy atom. The molecule has 4 heteroatoms. The molecule has 1 aliphatic rings. The van der Waals surface area contributed by atoms with Gasteiger partial charge in [0.2, 0.25) is 0 Å². The molecule has 1 heterocycles. The molecule has 1 aromatic rings. The van der Waals surface area contributed by atoms with Crippen LogP contribution in [0.15, 0.2) is 27.9 Å². The Bertz CT molecular complexity index is 344. The molecule has 2 rings (SSSR count). The minimum atomic E-state index is 0.457. The van der Waals surface area contributed by atoms with Gasteiger partial charge in [-0.1, -0.05) is 0 Å². The number of nitrogens with zero attached hydrogens (tertiary/aromatic N) is 2. The van der Waals surface area contributed by atoms with Crippen LogP contribution in [0.2, 0.25) is 0 Å². The Balaban J connectivity index is 2.23. The third kappa shape index (κ3) is 2.28. The van der Waals surface area contributed by atoms with Crippen molar-refractivity contribution in [2.24, 2.45) is 10.7 Å². The van der Waals surface area contributed by atoms with Crippen LogP contribution < -0.4 is 5.73 Å². The number of pyridine rings is 1. The molecule has 0 bridgehead atoms. The molecule has 1 aliphatic carbocycles. The molecule has 0 unspecified atom stereocenters. The van der Waals surface area contributed by atoms with Crippen molar-refractivity contribution in [3.63, 3.8) is 0 Å². The quantitative estimate of drug-likeness (QED) is 0.632. The summed E-state index contributed by atoms with van der Waals surface area (Å²) in [6.45, 7) is 0. The Kier molecular flexibility index (Phi) is 2.31. The van der Waals surface area contributed by atoms with Gasteiger partial charge in [0.15, 0.2) is 0 Å². The summed E-state index contributed by atoms with van der Waals surface area (Å²) in [6.07, 6.45) is 5.80. The Hall–Kier alpha value is -0.900. The van der Waals surface area contributed by atoms with Gasteiger partial charge in [-0.05, 0) is 34.8 Å². The van der Waals surface area contributed by atoms with Crippen molar-refractivity contribution >= 4 is 21.8 Å². The van der Waals surface area contributed by atoms with Crippen molar-refractivity contribution in [1.29, 1.82) is 0 Å². The largest absolute Gasteiger partial charge is 0.383 e. The van der Waals surface area contributed by atoms with Crippen LogP contribution in [0.4, 0.5) is 0 Å². The van der Waals surface area contributed by atoms with E-state index in [1.54, 1.807) is 12.4 Å². The molecule has 13 heavy (non-hydrogen) atoms. The standard InChI is InChI=1S/C9H10BrN3/c10-7-3-6(4-12-5-7)9(11)13-8-1-2-8/h3-5,8H,1-2H2,(H2,11,13). The highest BCUT2D eigenvalue weighted by atomic mass is 79.9. The maximum absolute atomic E-state index is 5.79. The number of hydrogen-bond acceptors (Lipinski definition) is 2. The highest BCUT2D eigenvalue weighted by Gasteiger charge is 2.20. The fourth-order valence-electron chi connectivity index (χ4n) is 1.03. The van der Waals surface area contributed by atoms with Crippen molar-refractivity contribution in [3.05, 3.63) is 28.5 Å². The zero-order valence-corrected chi connectivity index (χ0v) is 8.66. The van der Waals surface area contributed by atoms with E-state index < -0.39 is 0 Å². The number of amidine groups is 1. The summed E-state index contributed by atoms with van der Waals surface area (Å²) in [5.74, 6) is 0.594. The van der Waals surface area contributed by atoms with Crippen LogP contribution in [0.1, 0.15) is 18.4 Å². The summed E-state index contributed by atoms with van der Waals surface area (Å²) in [6, 6.07) is 2.38. The number of aromatic nitrogens is 1. The van der Waals surface area contributed by atoms with Crippen molar-refractivity contribution in [1.82, 2.24) is 4.98 Å². The van der Waals surface area contributed by atoms with Crippen LogP contribution in [0.3, 0.4) is 0 Å². The van der Waals surface area contributed by atoms with E-state index in [1.807, 2.05) is 6.07 Å². The predicted octanol–water partition coefficient (Wildman–Crippen LogP) is 1.71. The number of rotatable bonds is 2. The van der Waals surface area contributed by atoms with Gasteiger partial charge < -0.3 is 5.73 Å². The van der Waals surface area contributed by atoms with Crippen LogP contribution >= 0.6 is 15.9 Å². The molecule has 0 aliphatic heterocycles. The van der Waals surface area contributed by atoms with Crippen molar-refractivity contribution < 1.29 is 0 Å². The second kappa shape index (κ2) is 3.46. The number of nitrogens with two attached hydrogens (primary N) is 1. The SMILES string of the molecule is NC(=NC1CC1)c1cncc(Br)c1. The van der Waals surface area contributed by atoms with Crippen LogP contribution in [0, 0.1) is 0 Å². The molecule has 3 nitrogen and oxygen atoms in total. The average molecular weight is 240 g/mol. The summed E-state index contributed by atoms with van der Waals surface area (Å²) in [5.41, 5.74) is 6.68. The molecule has 0 aromatic carbocycles. The zero-order chi connectivity index (χ0) is 9.26. The van der Waals surface area contributed by atoms with E-state index in [4.69, 9.17) is 5.73 Å². The highest BCUT2D eigenvalue weighted by molar-refractivity contribution is 9.10. The van der Waals surface area contributed by atoms with Crippen molar-refractivity contribution in [2.45, 2.75) is 18.9 Å².